The summed E-state index contributed by atoms with van der Waals surface area (Å²) < 4.78 is 38.4. The van der Waals surface area contributed by atoms with Crippen molar-refractivity contribution in [3.8, 4) is 11.6 Å². The minimum Gasteiger partial charge on any atom is -0.485 e. The van der Waals surface area contributed by atoms with Crippen LogP contribution >= 0.6 is 11.6 Å². The summed E-state index contributed by atoms with van der Waals surface area (Å²) in [5, 5.41) is 0.154. The molecule has 0 spiro atoms. The van der Waals surface area contributed by atoms with E-state index in [2.05, 4.69) is 14.7 Å². The number of halogens is 3. The van der Waals surface area contributed by atoms with Crippen LogP contribution in [0.1, 0.15) is 15.9 Å². The smallest absolute Gasteiger partial charge is 0.339 e. The molecule has 0 aliphatic rings. The van der Waals surface area contributed by atoms with Gasteiger partial charge in [0, 0.05) is 24.0 Å². The Morgan fingerprint density at radius 3 is 2.69 bits per heavy atom. The maximum absolute atomic E-state index is 13.6. The molecule has 0 amide bonds. The minimum atomic E-state index is -0.627. The molecule has 26 heavy (non-hydrogen) atoms. The number of hydrogen-bond donors (Lipinski definition) is 0. The molecule has 3 aromatic rings. The van der Waals surface area contributed by atoms with Crippen LogP contribution in [0, 0.1) is 11.6 Å². The lowest BCUT2D eigenvalue weighted by Gasteiger charge is -2.12. The molecular formula is C17H12ClF2N3O3. The van der Waals surface area contributed by atoms with Gasteiger partial charge in [0.25, 0.3) is 0 Å². The SMILES string of the molecule is COC(=O)c1cc(Cl)n(-c2ncc(F)cc2OCc2cncc(F)c2)c1. The number of hydrogen-bond acceptors (Lipinski definition) is 5. The molecule has 0 aromatic carbocycles. The first-order valence-electron chi connectivity index (χ1n) is 7.32. The summed E-state index contributed by atoms with van der Waals surface area (Å²) in [6.45, 7) is -0.0638. The van der Waals surface area contributed by atoms with Crippen molar-refractivity contribution in [1.29, 1.82) is 0 Å². The van der Waals surface area contributed by atoms with Gasteiger partial charge in [0.1, 0.15) is 23.4 Å². The second-order valence-electron chi connectivity index (χ2n) is 5.19. The monoisotopic (exact) mass is 379 g/mol. The van der Waals surface area contributed by atoms with Crippen LogP contribution in [0.4, 0.5) is 8.78 Å². The van der Waals surface area contributed by atoms with E-state index in [9.17, 15) is 13.6 Å². The highest BCUT2D eigenvalue weighted by molar-refractivity contribution is 6.30. The lowest BCUT2D eigenvalue weighted by molar-refractivity contribution is 0.0601. The number of ether oxygens (including phenoxy) is 2. The van der Waals surface area contributed by atoms with Gasteiger partial charge in [-0.15, -0.1) is 0 Å². The van der Waals surface area contributed by atoms with E-state index in [-0.39, 0.29) is 28.9 Å². The number of carbonyl (C=O) groups is 1. The van der Waals surface area contributed by atoms with E-state index >= 15 is 0 Å². The van der Waals surface area contributed by atoms with E-state index in [1.165, 1.54) is 36.2 Å². The normalized spacial score (nSPS) is 10.6. The molecule has 0 radical (unpaired) electrons. The number of aromatic nitrogens is 3. The Bertz CT molecular complexity index is 962. The Hall–Kier alpha value is -3.00. The van der Waals surface area contributed by atoms with Gasteiger partial charge in [-0.25, -0.2) is 18.6 Å². The van der Waals surface area contributed by atoms with Crippen molar-refractivity contribution in [3.05, 3.63) is 70.9 Å². The summed E-state index contributed by atoms with van der Waals surface area (Å²) in [7, 11) is 1.24. The van der Waals surface area contributed by atoms with Crippen LogP contribution in [0.5, 0.6) is 5.75 Å². The lowest BCUT2D eigenvalue weighted by atomic mass is 10.3. The number of pyridine rings is 2. The van der Waals surface area contributed by atoms with Gasteiger partial charge in [0.15, 0.2) is 11.6 Å². The second kappa shape index (κ2) is 7.49. The predicted molar refractivity (Wildman–Crippen MR) is 88.4 cm³/mol. The van der Waals surface area contributed by atoms with Crippen LogP contribution in [0.2, 0.25) is 5.15 Å². The molecule has 134 valence electrons. The third-order valence-corrected chi connectivity index (χ3v) is 3.67. The fourth-order valence-electron chi connectivity index (χ4n) is 2.22. The van der Waals surface area contributed by atoms with Gasteiger partial charge in [-0.3, -0.25) is 9.55 Å². The third-order valence-electron chi connectivity index (χ3n) is 3.38. The highest BCUT2D eigenvalue weighted by Gasteiger charge is 2.17. The van der Waals surface area contributed by atoms with Crippen LogP contribution in [-0.2, 0) is 11.3 Å². The van der Waals surface area contributed by atoms with Crippen LogP contribution in [-0.4, -0.2) is 27.6 Å². The fourth-order valence-corrected chi connectivity index (χ4v) is 2.47. The zero-order valence-electron chi connectivity index (χ0n) is 13.4. The molecule has 0 unspecified atom stereocenters. The van der Waals surface area contributed by atoms with Crippen molar-refractivity contribution in [2.45, 2.75) is 6.61 Å². The number of esters is 1. The molecule has 3 heterocycles. The van der Waals surface area contributed by atoms with E-state index in [0.717, 1.165) is 18.5 Å². The van der Waals surface area contributed by atoms with Crippen LogP contribution in [0.15, 0.2) is 43.0 Å². The molecule has 0 aliphatic carbocycles. The van der Waals surface area contributed by atoms with Gasteiger partial charge in [0.05, 0.1) is 25.1 Å². The van der Waals surface area contributed by atoms with Crippen molar-refractivity contribution in [3.63, 3.8) is 0 Å². The van der Waals surface area contributed by atoms with Gasteiger partial charge >= 0.3 is 5.97 Å². The summed E-state index contributed by atoms with van der Waals surface area (Å²) in [6, 6.07) is 3.75. The first kappa shape index (κ1) is 17.8. The summed E-state index contributed by atoms with van der Waals surface area (Å²) in [5.41, 5.74) is 0.651. The molecule has 0 saturated heterocycles. The van der Waals surface area contributed by atoms with Gasteiger partial charge in [-0.2, -0.15) is 0 Å². The highest BCUT2D eigenvalue weighted by atomic mass is 35.5. The molecule has 9 heteroatoms. The topological polar surface area (TPSA) is 66.2 Å². The maximum Gasteiger partial charge on any atom is 0.339 e. The largest absolute Gasteiger partial charge is 0.485 e. The number of carbonyl (C=O) groups excluding carboxylic acids is 1. The lowest BCUT2D eigenvalue weighted by Crippen LogP contribution is -2.05. The summed E-state index contributed by atoms with van der Waals surface area (Å²) in [6.07, 6.45) is 4.87. The minimum absolute atomic E-state index is 0.0585. The first-order valence-corrected chi connectivity index (χ1v) is 7.70. The average Bonchev–Trinajstić information content (AvgIpc) is 3.01. The molecule has 0 atom stereocenters. The molecule has 0 fully saturated rings. The summed E-state index contributed by atoms with van der Waals surface area (Å²) in [4.78, 5) is 19.3. The highest BCUT2D eigenvalue weighted by Crippen LogP contribution is 2.27. The van der Waals surface area contributed by atoms with E-state index < -0.39 is 17.6 Å². The van der Waals surface area contributed by atoms with Crippen LogP contribution in [0.25, 0.3) is 5.82 Å². The molecule has 0 N–H and O–H groups in total. The third kappa shape index (κ3) is 3.80. The molecule has 3 aromatic heterocycles. The van der Waals surface area contributed by atoms with E-state index in [1.807, 2.05) is 0 Å². The van der Waals surface area contributed by atoms with Crippen molar-refractivity contribution in [2.24, 2.45) is 0 Å². The molecule has 0 bridgehead atoms. The van der Waals surface area contributed by atoms with Gasteiger partial charge in [-0.05, 0) is 12.1 Å². The van der Waals surface area contributed by atoms with E-state index in [0.29, 0.717) is 5.56 Å². The molecular weight excluding hydrogens is 368 g/mol. The zero-order chi connectivity index (χ0) is 18.7. The van der Waals surface area contributed by atoms with E-state index in [4.69, 9.17) is 16.3 Å². The second-order valence-corrected chi connectivity index (χ2v) is 5.58. The Kier molecular flexibility index (Phi) is 5.13. The molecule has 0 aliphatic heterocycles. The Morgan fingerprint density at radius 2 is 1.96 bits per heavy atom. The predicted octanol–water partition coefficient (Wildman–Crippen LogP) is 3.56. The zero-order valence-corrected chi connectivity index (χ0v) is 14.2. The summed E-state index contributed by atoms with van der Waals surface area (Å²) >= 11 is 6.14. The van der Waals surface area contributed by atoms with Gasteiger partial charge in [0.2, 0.25) is 0 Å². The maximum atomic E-state index is 13.6. The van der Waals surface area contributed by atoms with Crippen LogP contribution < -0.4 is 4.74 Å². The number of nitrogens with zero attached hydrogens (tertiary/aromatic N) is 3. The Morgan fingerprint density at radius 1 is 1.19 bits per heavy atom. The van der Waals surface area contributed by atoms with Crippen molar-refractivity contribution in [1.82, 2.24) is 14.5 Å². The van der Waals surface area contributed by atoms with Gasteiger partial charge < -0.3 is 9.47 Å². The standard InChI is InChI=1S/C17H12ClF2N3O3/c1-25-17(24)11-3-15(18)23(8-11)16-14(4-13(20)7-22-16)26-9-10-2-12(19)6-21-5-10/h2-8H,9H2,1H3. The van der Waals surface area contributed by atoms with Crippen LogP contribution in [0.3, 0.4) is 0 Å². The molecule has 6 nitrogen and oxygen atoms in total. The summed E-state index contributed by atoms with van der Waals surface area (Å²) in [5.74, 6) is -1.50. The van der Waals surface area contributed by atoms with E-state index in [1.54, 1.807) is 0 Å². The number of rotatable bonds is 5. The van der Waals surface area contributed by atoms with Gasteiger partial charge in [-0.1, -0.05) is 11.6 Å². The fraction of sp³-hybridized carbons (Fsp3) is 0.118. The first-order chi connectivity index (χ1) is 12.5. The molecule has 3 rings (SSSR count). The van der Waals surface area contributed by atoms with Crippen molar-refractivity contribution >= 4 is 17.6 Å². The van der Waals surface area contributed by atoms with Crippen molar-refractivity contribution < 1.29 is 23.0 Å². The van der Waals surface area contributed by atoms with Crippen molar-refractivity contribution in [2.75, 3.05) is 7.11 Å². The average molecular weight is 380 g/mol. The number of methoxy groups -OCH3 is 1. The Labute approximate surface area is 152 Å². The molecule has 0 saturated carbocycles. The Balaban J connectivity index is 1.93. The quantitative estimate of drug-likeness (QED) is 0.634.